The lowest BCUT2D eigenvalue weighted by Crippen LogP contribution is -2.48. The Morgan fingerprint density at radius 2 is 1.50 bits per heavy atom. The van der Waals surface area contributed by atoms with Crippen molar-refractivity contribution < 1.29 is 29.0 Å². The summed E-state index contributed by atoms with van der Waals surface area (Å²) in [6.45, 7) is 2.51. The van der Waals surface area contributed by atoms with Crippen molar-refractivity contribution in [3.05, 3.63) is 71.8 Å². The number of aryl methyl sites for hydroxylation is 1. The van der Waals surface area contributed by atoms with Crippen LogP contribution in [0.15, 0.2) is 60.7 Å². The molecule has 2 atom stereocenters. The van der Waals surface area contributed by atoms with Crippen LogP contribution in [0.4, 0.5) is 4.79 Å². The molecule has 8 nitrogen and oxygen atoms in total. The van der Waals surface area contributed by atoms with Gasteiger partial charge in [-0.3, -0.25) is 14.9 Å². The molecule has 184 valence electrons. The van der Waals surface area contributed by atoms with Gasteiger partial charge in [0.1, 0.15) is 18.7 Å². The maximum Gasteiger partial charge on any atom is 0.407 e. The summed E-state index contributed by atoms with van der Waals surface area (Å²) in [5.41, 5.74) is 1.96. The van der Waals surface area contributed by atoms with Gasteiger partial charge < -0.3 is 19.9 Å². The number of carboxylic acid groups (broad SMARTS) is 1. The molecule has 0 aromatic heterocycles. The van der Waals surface area contributed by atoms with Crippen LogP contribution in [-0.2, 0) is 32.1 Å². The first-order chi connectivity index (χ1) is 16.5. The summed E-state index contributed by atoms with van der Waals surface area (Å²) in [6.07, 6.45) is 1.99. The largest absolute Gasteiger partial charge is 0.480 e. The molecule has 0 heterocycles. The third-order valence-electron chi connectivity index (χ3n) is 5.24. The highest BCUT2D eigenvalue weighted by atomic mass is 16.5. The summed E-state index contributed by atoms with van der Waals surface area (Å²) >= 11 is 0. The summed E-state index contributed by atoms with van der Waals surface area (Å²) in [5, 5.41) is 15.3. The van der Waals surface area contributed by atoms with E-state index in [4.69, 9.17) is 9.47 Å². The van der Waals surface area contributed by atoms with Gasteiger partial charge in [0.2, 0.25) is 0 Å². The van der Waals surface area contributed by atoms with E-state index >= 15 is 0 Å². The van der Waals surface area contributed by atoms with E-state index < -0.39 is 30.1 Å². The minimum absolute atomic E-state index is 0.190. The van der Waals surface area contributed by atoms with Gasteiger partial charge in [0, 0.05) is 6.54 Å². The minimum atomic E-state index is -1.02. The third-order valence-corrected chi connectivity index (χ3v) is 5.24. The number of carbonyl (C=O) groups is 3. The van der Waals surface area contributed by atoms with E-state index in [-0.39, 0.29) is 13.2 Å². The molecule has 0 spiro atoms. The van der Waals surface area contributed by atoms with Crippen LogP contribution in [0.25, 0.3) is 0 Å². The molecule has 0 saturated heterocycles. The molecule has 0 aliphatic carbocycles. The Balaban J connectivity index is 1.75. The number of nitrogens with one attached hydrogen (secondary N) is 2. The SMILES string of the molecule is CCOC(=O)[C@H](CCc1ccccc1)N[C@@H](CCCCNC(=O)OCc1ccccc1)C(=O)O. The van der Waals surface area contributed by atoms with Crippen LogP contribution < -0.4 is 10.6 Å². The quantitative estimate of drug-likeness (QED) is 0.269. The Morgan fingerprint density at radius 1 is 0.853 bits per heavy atom. The zero-order valence-electron chi connectivity index (χ0n) is 19.6. The molecule has 0 aliphatic heterocycles. The Morgan fingerprint density at radius 3 is 2.12 bits per heavy atom. The molecular formula is C26H34N2O6. The second-order valence-corrected chi connectivity index (χ2v) is 7.87. The first-order valence-corrected chi connectivity index (χ1v) is 11.6. The molecule has 0 saturated carbocycles. The highest BCUT2D eigenvalue weighted by Gasteiger charge is 2.26. The lowest BCUT2D eigenvalue weighted by atomic mass is 10.0. The average Bonchev–Trinajstić information content (AvgIpc) is 2.85. The van der Waals surface area contributed by atoms with E-state index in [0.717, 1.165) is 11.1 Å². The van der Waals surface area contributed by atoms with Crippen molar-refractivity contribution in [3.63, 3.8) is 0 Å². The molecule has 1 amide bonds. The number of alkyl carbamates (subject to hydrolysis) is 1. The molecule has 34 heavy (non-hydrogen) atoms. The normalized spacial score (nSPS) is 12.4. The van der Waals surface area contributed by atoms with Gasteiger partial charge in [0.25, 0.3) is 0 Å². The number of aliphatic carboxylic acids is 1. The monoisotopic (exact) mass is 470 g/mol. The van der Waals surface area contributed by atoms with E-state index in [2.05, 4.69) is 10.6 Å². The Kier molecular flexibility index (Phi) is 12.2. The number of hydrogen-bond donors (Lipinski definition) is 3. The number of rotatable bonds is 15. The lowest BCUT2D eigenvalue weighted by molar-refractivity contribution is -0.147. The summed E-state index contributed by atoms with van der Waals surface area (Å²) in [6, 6.07) is 17.5. The molecule has 3 N–H and O–H groups in total. The molecule has 2 aromatic carbocycles. The van der Waals surface area contributed by atoms with Crippen LogP contribution >= 0.6 is 0 Å². The lowest BCUT2D eigenvalue weighted by Gasteiger charge is -2.22. The van der Waals surface area contributed by atoms with Crippen LogP contribution in [0.3, 0.4) is 0 Å². The number of amides is 1. The predicted octanol–water partition coefficient (Wildman–Crippen LogP) is 3.69. The average molecular weight is 471 g/mol. The number of unbranched alkanes of at least 4 members (excludes halogenated alkanes) is 1. The van der Waals surface area contributed by atoms with E-state index in [1.807, 2.05) is 60.7 Å². The van der Waals surface area contributed by atoms with Crippen LogP contribution in [0.5, 0.6) is 0 Å². The summed E-state index contributed by atoms with van der Waals surface area (Å²) in [4.78, 5) is 36.0. The van der Waals surface area contributed by atoms with Crippen molar-refractivity contribution in [3.8, 4) is 0 Å². The minimum Gasteiger partial charge on any atom is -0.480 e. The van der Waals surface area contributed by atoms with Crippen LogP contribution in [0.1, 0.15) is 43.7 Å². The molecule has 0 aliphatic rings. The molecular weight excluding hydrogens is 436 g/mol. The Labute approximate surface area is 200 Å². The number of hydrogen-bond acceptors (Lipinski definition) is 6. The van der Waals surface area contributed by atoms with Crippen LogP contribution in [0, 0.1) is 0 Å². The Hall–Kier alpha value is -3.39. The number of esters is 1. The van der Waals surface area contributed by atoms with Gasteiger partial charge in [-0.2, -0.15) is 0 Å². The van der Waals surface area contributed by atoms with Crippen LogP contribution in [0.2, 0.25) is 0 Å². The van der Waals surface area contributed by atoms with E-state index in [0.29, 0.717) is 38.6 Å². The topological polar surface area (TPSA) is 114 Å². The van der Waals surface area contributed by atoms with Crippen molar-refractivity contribution in [2.45, 2.75) is 57.7 Å². The van der Waals surface area contributed by atoms with Gasteiger partial charge in [-0.1, -0.05) is 60.7 Å². The standard InChI is InChI=1S/C26H34N2O6/c1-2-33-25(31)23(17-16-20-11-5-3-6-12-20)28-22(24(29)30)15-9-10-18-27-26(32)34-19-21-13-7-4-8-14-21/h3-8,11-14,22-23,28H,2,9-10,15-19H2,1H3,(H,27,32)(H,29,30)/t22-,23-/m0/s1. The van der Waals surface area contributed by atoms with Crippen molar-refractivity contribution in [2.24, 2.45) is 0 Å². The second-order valence-electron chi connectivity index (χ2n) is 7.87. The summed E-state index contributed by atoms with van der Waals surface area (Å²) in [7, 11) is 0. The van der Waals surface area contributed by atoms with E-state index in [9.17, 15) is 19.5 Å². The van der Waals surface area contributed by atoms with Crippen molar-refractivity contribution in [1.29, 1.82) is 0 Å². The maximum atomic E-state index is 12.4. The number of carboxylic acids is 1. The van der Waals surface area contributed by atoms with Gasteiger partial charge in [-0.05, 0) is 50.2 Å². The van der Waals surface area contributed by atoms with E-state index in [1.54, 1.807) is 6.92 Å². The molecule has 8 heteroatoms. The molecule has 0 radical (unpaired) electrons. The smallest absolute Gasteiger partial charge is 0.407 e. The van der Waals surface area contributed by atoms with Gasteiger partial charge in [0.15, 0.2) is 0 Å². The Bertz CT molecular complexity index is 875. The molecule has 0 bridgehead atoms. The fraction of sp³-hybridized carbons (Fsp3) is 0.423. The van der Waals surface area contributed by atoms with Gasteiger partial charge >= 0.3 is 18.0 Å². The van der Waals surface area contributed by atoms with Crippen molar-refractivity contribution in [1.82, 2.24) is 10.6 Å². The van der Waals surface area contributed by atoms with Gasteiger partial charge in [-0.25, -0.2) is 4.79 Å². The molecule has 0 unspecified atom stereocenters. The number of benzene rings is 2. The highest BCUT2D eigenvalue weighted by Crippen LogP contribution is 2.10. The van der Waals surface area contributed by atoms with Crippen LogP contribution in [-0.4, -0.2) is 48.4 Å². The first kappa shape index (κ1) is 26.9. The highest BCUT2D eigenvalue weighted by molar-refractivity contribution is 5.78. The fourth-order valence-corrected chi connectivity index (χ4v) is 3.43. The van der Waals surface area contributed by atoms with Crippen molar-refractivity contribution in [2.75, 3.05) is 13.2 Å². The first-order valence-electron chi connectivity index (χ1n) is 11.6. The zero-order chi connectivity index (χ0) is 24.6. The summed E-state index contributed by atoms with van der Waals surface area (Å²) in [5.74, 6) is -1.48. The number of ether oxygens (including phenoxy) is 2. The maximum absolute atomic E-state index is 12.4. The number of carbonyl (C=O) groups excluding carboxylic acids is 2. The molecule has 0 fully saturated rings. The second kappa shape index (κ2) is 15.4. The van der Waals surface area contributed by atoms with Gasteiger partial charge in [0.05, 0.1) is 6.61 Å². The summed E-state index contributed by atoms with van der Waals surface area (Å²) < 4.78 is 10.3. The van der Waals surface area contributed by atoms with Gasteiger partial charge in [-0.15, -0.1) is 0 Å². The van der Waals surface area contributed by atoms with E-state index in [1.165, 1.54) is 0 Å². The molecule has 2 rings (SSSR count). The predicted molar refractivity (Wildman–Crippen MR) is 128 cm³/mol. The fourth-order valence-electron chi connectivity index (χ4n) is 3.43. The molecule has 2 aromatic rings. The van der Waals surface area contributed by atoms with Crippen molar-refractivity contribution >= 4 is 18.0 Å². The zero-order valence-corrected chi connectivity index (χ0v) is 19.6. The third kappa shape index (κ3) is 10.5.